The van der Waals surface area contributed by atoms with E-state index < -0.39 is 16.3 Å². The molecule has 0 bridgehead atoms. The number of carbonyl (C=O) groups is 1. The topological polar surface area (TPSA) is 93.9 Å². The van der Waals surface area contributed by atoms with Crippen LogP contribution < -0.4 is 19.7 Å². The molecule has 4 rings (SSSR count). The minimum atomic E-state index is -0.830. The fourth-order valence-electron chi connectivity index (χ4n) is 4.33. The Morgan fingerprint density at radius 3 is 2.51 bits per heavy atom. The molecule has 0 radical (unpaired) electrons. The number of aryl methyl sites for hydroxylation is 1. The Balaban J connectivity index is 1.93. The Labute approximate surface area is 202 Å². The van der Waals surface area contributed by atoms with Gasteiger partial charge in [0.25, 0.3) is 11.6 Å². The van der Waals surface area contributed by atoms with Crippen LogP contribution in [0.3, 0.4) is 0 Å². The fraction of sp³-hybridized carbons (Fsp3) is 0.269. The van der Waals surface area contributed by atoms with Gasteiger partial charge in [0, 0.05) is 36.4 Å². The number of halogens is 1. The van der Waals surface area contributed by atoms with Crippen molar-refractivity contribution in [2.24, 2.45) is 0 Å². The van der Waals surface area contributed by atoms with Gasteiger partial charge in [-0.3, -0.25) is 14.9 Å². The highest BCUT2D eigenvalue weighted by Gasteiger charge is 2.39. The fourth-order valence-corrected chi connectivity index (χ4v) is 4.33. The molecule has 1 aliphatic rings. The molecule has 0 fully saturated rings. The summed E-state index contributed by atoms with van der Waals surface area (Å²) in [5, 5.41) is 14.8. The van der Waals surface area contributed by atoms with E-state index in [-0.39, 0.29) is 18.2 Å². The molecule has 3 aromatic carbocycles. The second-order valence-corrected chi connectivity index (χ2v) is 8.94. The van der Waals surface area contributed by atoms with Gasteiger partial charge < -0.3 is 19.7 Å². The molecule has 0 atom stereocenters. The lowest BCUT2D eigenvalue weighted by Gasteiger charge is -2.39. The normalized spacial score (nSPS) is 14.2. The minimum absolute atomic E-state index is 0.0195. The van der Waals surface area contributed by atoms with Crippen molar-refractivity contribution < 1.29 is 23.6 Å². The van der Waals surface area contributed by atoms with Crippen LogP contribution in [0.15, 0.2) is 48.5 Å². The maximum absolute atomic E-state index is 13.9. The van der Waals surface area contributed by atoms with E-state index in [2.05, 4.69) is 5.32 Å². The van der Waals surface area contributed by atoms with E-state index in [0.717, 1.165) is 5.56 Å². The zero-order chi connectivity index (χ0) is 25.5. The summed E-state index contributed by atoms with van der Waals surface area (Å²) in [6, 6.07) is 12.2. The number of benzene rings is 3. The number of hydrogen-bond acceptors (Lipinski definition) is 6. The van der Waals surface area contributed by atoms with Gasteiger partial charge in [-0.25, -0.2) is 4.39 Å². The predicted molar refractivity (Wildman–Crippen MR) is 132 cm³/mol. The van der Waals surface area contributed by atoms with Crippen LogP contribution in [-0.2, 0) is 11.4 Å². The lowest BCUT2D eigenvalue weighted by molar-refractivity contribution is -0.384. The van der Waals surface area contributed by atoms with Crippen LogP contribution in [0.25, 0.3) is 11.1 Å². The van der Waals surface area contributed by atoms with Crippen LogP contribution >= 0.6 is 0 Å². The van der Waals surface area contributed by atoms with Gasteiger partial charge in [0.15, 0.2) is 0 Å². The van der Waals surface area contributed by atoms with Crippen LogP contribution in [0.5, 0.6) is 11.5 Å². The molecule has 0 aromatic heterocycles. The number of non-ortho nitro benzene ring substituents is 1. The molecule has 1 heterocycles. The van der Waals surface area contributed by atoms with Crippen molar-refractivity contribution in [2.45, 2.75) is 32.9 Å². The summed E-state index contributed by atoms with van der Waals surface area (Å²) < 4.78 is 25.4. The third-order valence-electron chi connectivity index (χ3n) is 6.11. The molecule has 9 heteroatoms. The van der Waals surface area contributed by atoms with Crippen molar-refractivity contribution in [1.29, 1.82) is 0 Å². The van der Waals surface area contributed by atoms with Gasteiger partial charge in [0.05, 0.1) is 23.4 Å². The van der Waals surface area contributed by atoms with Gasteiger partial charge in [-0.2, -0.15) is 0 Å². The van der Waals surface area contributed by atoms with Crippen molar-refractivity contribution in [2.75, 3.05) is 24.4 Å². The Kier molecular flexibility index (Phi) is 6.10. The first-order valence-electron chi connectivity index (χ1n) is 11.0. The number of nitro groups is 1. The molecule has 0 spiro atoms. The Hall–Kier alpha value is -4.14. The number of nitrogens with zero attached hydrogens (tertiary/aromatic N) is 2. The van der Waals surface area contributed by atoms with Crippen LogP contribution in [0.2, 0.25) is 0 Å². The monoisotopic (exact) mass is 479 g/mol. The number of fused-ring (bicyclic) bond motifs is 1. The van der Waals surface area contributed by atoms with Gasteiger partial charge >= 0.3 is 0 Å². The second-order valence-electron chi connectivity index (χ2n) is 8.94. The molecule has 8 nitrogen and oxygen atoms in total. The number of carbonyl (C=O) groups excluding carboxylic acids is 1. The molecule has 3 aromatic rings. The van der Waals surface area contributed by atoms with Gasteiger partial charge in [0.1, 0.15) is 29.5 Å². The first-order chi connectivity index (χ1) is 16.5. The third kappa shape index (κ3) is 4.37. The number of nitrogens with one attached hydrogen (secondary N) is 1. The maximum atomic E-state index is 13.9. The van der Waals surface area contributed by atoms with E-state index in [9.17, 15) is 19.3 Å². The first-order valence-corrected chi connectivity index (χ1v) is 11.0. The largest absolute Gasteiger partial charge is 0.496 e. The standard InChI is InChI=1S/C26H26FN3O5/c1-15-6-7-16(27)12-23(15)35-14-20-18(19-13-17(30(32)33)8-11-22(19)34-5)9-10-21-24(20)29(4)25(31)26(2,3)28-21/h6-13,28H,14H2,1-5H3. The van der Waals surface area contributed by atoms with E-state index in [4.69, 9.17) is 9.47 Å². The van der Waals surface area contributed by atoms with Crippen LogP contribution in [0, 0.1) is 22.9 Å². The summed E-state index contributed by atoms with van der Waals surface area (Å²) in [5.41, 5.74) is 2.77. The second kappa shape index (κ2) is 8.90. The van der Waals surface area contributed by atoms with Crippen molar-refractivity contribution in [3.8, 4) is 22.6 Å². The lowest BCUT2D eigenvalue weighted by atomic mass is 9.91. The first kappa shape index (κ1) is 24.0. The number of ether oxygens (including phenoxy) is 2. The molecule has 0 aliphatic carbocycles. The average Bonchev–Trinajstić information content (AvgIpc) is 2.82. The third-order valence-corrected chi connectivity index (χ3v) is 6.11. The molecule has 35 heavy (non-hydrogen) atoms. The van der Waals surface area contributed by atoms with Crippen molar-refractivity contribution in [3.05, 3.63) is 75.6 Å². The smallest absolute Gasteiger partial charge is 0.270 e. The molecule has 182 valence electrons. The molecule has 0 unspecified atom stereocenters. The van der Waals surface area contributed by atoms with E-state index in [1.807, 2.05) is 12.1 Å². The summed E-state index contributed by atoms with van der Waals surface area (Å²) in [7, 11) is 3.16. The quantitative estimate of drug-likeness (QED) is 0.373. The van der Waals surface area contributed by atoms with Gasteiger partial charge in [-0.15, -0.1) is 0 Å². The molecule has 1 aliphatic heterocycles. The van der Waals surface area contributed by atoms with E-state index in [1.54, 1.807) is 38.8 Å². The summed E-state index contributed by atoms with van der Waals surface area (Å²) in [5.74, 6) is 0.197. The predicted octanol–water partition coefficient (Wildman–Crippen LogP) is 5.46. The number of amides is 1. The summed E-state index contributed by atoms with van der Waals surface area (Å²) in [6.45, 7) is 5.37. The summed E-state index contributed by atoms with van der Waals surface area (Å²) in [4.78, 5) is 25.7. The zero-order valence-electron chi connectivity index (χ0n) is 20.1. The summed E-state index contributed by atoms with van der Waals surface area (Å²) >= 11 is 0. The van der Waals surface area contributed by atoms with Crippen molar-refractivity contribution in [3.63, 3.8) is 0 Å². The number of rotatable bonds is 6. The van der Waals surface area contributed by atoms with Crippen LogP contribution in [-0.4, -0.2) is 30.5 Å². The Morgan fingerprint density at radius 2 is 1.83 bits per heavy atom. The van der Waals surface area contributed by atoms with Gasteiger partial charge in [-0.1, -0.05) is 12.1 Å². The Bertz CT molecular complexity index is 1340. The van der Waals surface area contributed by atoms with Gasteiger partial charge in [0.2, 0.25) is 0 Å². The molecular weight excluding hydrogens is 453 g/mol. The summed E-state index contributed by atoms with van der Waals surface area (Å²) in [6.07, 6.45) is 0. The maximum Gasteiger partial charge on any atom is 0.270 e. The minimum Gasteiger partial charge on any atom is -0.496 e. The van der Waals surface area contributed by atoms with Crippen LogP contribution in [0.4, 0.5) is 21.5 Å². The highest BCUT2D eigenvalue weighted by Crippen LogP contribution is 2.45. The number of methoxy groups -OCH3 is 1. The van der Waals surface area contributed by atoms with Crippen molar-refractivity contribution in [1.82, 2.24) is 0 Å². The van der Waals surface area contributed by atoms with E-state index >= 15 is 0 Å². The van der Waals surface area contributed by atoms with E-state index in [1.165, 1.54) is 37.4 Å². The Morgan fingerprint density at radius 1 is 1.09 bits per heavy atom. The average molecular weight is 480 g/mol. The van der Waals surface area contributed by atoms with Crippen molar-refractivity contribution >= 4 is 23.0 Å². The lowest BCUT2D eigenvalue weighted by Crippen LogP contribution is -2.52. The zero-order valence-corrected chi connectivity index (χ0v) is 20.1. The molecule has 0 saturated heterocycles. The molecule has 0 saturated carbocycles. The highest BCUT2D eigenvalue weighted by atomic mass is 19.1. The molecule has 1 N–H and O–H groups in total. The molecule has 1 amide bonds. The number of hydrogen-bond donors (Lipinski definition) is 1. The van der Waals surface area contributed by atoms with E-state index in [0.29, 0.717) is 39.6 Å². The SMILES string of the molecule is COc1ccc([N+](=O)[O-])cc1-c1ccc2c(c1COc1cc(F)ccc1C)N(C)C(=O)C(C)(C)N2. The molecular formula is C26H26FN3O5. The van der Waals surface area contributed by atoms with Crippen LogP contribution in [0.1, 0.15) is 25.0 Å². The number of anilines is 2. The van der Waals surface area contributed by atoms with Gasteiger partial charge in [-0.05, 0) is 50.1 Å². The number of likely N-dealkylation sites (N-methyl/N-ethyl adjacent to an activating group) is 1. The number of nitro benzene ring substituents is 1. The highest BCUT2D eigenvalue weighted by molar-refractivity contribution is 6.08.